The van der Waals surface area contributed by atoms with Crippen molar-refractivity contribution in [3.63, 3.8) is 0 Å². The minimum Gasteiger partial charge on any atom is -0.443 e. The smallest absolute Gasteiger partial charge is 0.419 e. The highest BCUT2D eigenvalue weighted by Crippen LogP contribution is 2.31. The van der Waals surface area contributed by atoms with Gasteiger partial charge in [0, 0.05) is 68.0 Å². The van der Waals surface area contributed by atoms with Crippen molar-refractivity contribution in [3.8, 4) is 0 Å². The van der Waals surface area contributed by atoms with Crippen LogP contribution < -0.4 is 21.3 Å². The predicted molar refractivity (Wildman–Crippen MR) is 213 cm³/mol. The van der Waals surface area contributed by atoms with E-state index < -0.39 is 35.2 Å². The molecule has 0 bridgehead atoms. The Morgan fingerprint density at radius 3 is 1.68 bits per heavy atom. The highest BCUT2D eigenvalue weighted by molar-refractivity contribution is 6.04. The van der Waals surface area contributed by atoms with E-state index in [9.17, 15) is 40.7 Å². The number of benzene rings is 2. The molecule has 2 amide bonds. The molecule has 2 aromatic carbocycles. The molecule has 0 spiro atoms. The number of aromatic amines is 1. The first kappa shape index (κ1) is 43.5. The number of halogens is 6. The Bertz CT molecular complexity index is 2420. The van der Waals surface area contributed by atoms with Crippen molar-refractivity contribution in [2.24, 2.45) is 0 Å². The van der Waals surface area contributed by atoms with Crippen molar-refractivity contribution in [1.29, 1.82) is 0 Å². The number of hydrogen-bond acceptors (Lipinski definition) is 8. The molecule has 312 valence electrons. The van der Waals surface area contributed by atoms with E-state index in [0.29, 0.717) is 59.8 Å². The van der Waals surface area contributed by atoms with Crippen LogP contribution >= 0.6 is 0 Å². The summed E-state index contributed by atoms with van der Waals surface area (Å²) >= 11 is 0. The number of rotatable bonds is 10. The Morgan fingerprint density at radius 2 is 1.20 bits per heavy atom. The summed E-state index contributed by atoms with van der Waals surface area (Å²) in [6.07, 6.45) is -3.33. The Labute approximate surface area is 334 Å². The minimum atomic E-state index is -4.43. The van der Waals surface area contributed by atoms with Gasteiger partial charge in [-0.25, -0.2) is 14.8 Å². The van der Waals surface area contributed by atoms with Crippen molar-refractivity contribution in [2.45, 2.75) is 65.4 Å². The number of nitrogens with one attached hydrogen (secondary N) is 5. The summed E-state index contributed by atoms with van der Waals surface area (Å²) in [6, 6.07) is 15.9. The number of H-pyrrole nitrogens is 1. The third-order valence-corrected chi connectivity index (χ3v) is 8.45. The van der Waals surface area contributed by atoms with Gasteiger partial charge in [0.15, 0.2) is 0 Å². The number of alkyl halides is 6. The van der Waals surface area contributed by atoms with Crippen LogP contribution in [0.4, 0.5) is 54.1 Å². The van der Waals surface area contributed by atoms with E-state index in [0.717, 1.165) is 46.6 Å². The van der Waals surface area contributed by atoms with Crippen molar-refractivity contribution < 1.29 is 45.5 Å². The van der Waals surface area contributed by atoms with Crippen LogP contribution in [0.25, 0.3) is 21.8 Å². The van der Waals surface area contributed by atoms with E-state index in [4.69, 9.17) is 4.74 Å². The number of fused-ring (bicyclic) bond motifs is 2. The van der Waals surface area contributed by atoms with Crippen molar-refractivity contribution in [1.82, 2.24) is 19.5 Å². The molecular formula is C41H42F6N8O4. The van der Waals surface area contributed by atoms with Gasteiger partial charge < -0.3 is 31.0 Å². The molecule has 5 N–H and O–H groups in total. The van der Waals surface area contributed by atoms with Gasteiger partial charge in [-0.2, -0.15) is 26.3 Å². The van der Waals surface area contributed by atoms with Crippen LogP contribution in [-0.2, 0) is 39.5 Å². The number of hydrogen-bond donors (Lipinski definition) is 5. The van der Waals surface area contributed by atoms with Crippen LogP contribution in [-0.4, -0.2) is 56.1 Å². The molecule has 18 heteroatoms. The number of pyridine rings is 2. The lowest BCUT2D eigenvalue weighted by atomic mass is 10.1. The predicted octanol–water partition coefficient (Wildman–Crippen LogP) is 9.65. The van der Waals surface area contributed by atoms with E-state index in [2.05, 4.69) is 36.2 Å². The Hall–Kier alpha value is -6.59. The average molecular weight is 825 g/mol. The molecule has 0 aliphatic heterocycles. The van der Waals surface area contributed by atoms with E-state index in [-0.39, 0.29) is 11.8 Å². The zero-order chi connectivity index (χ0) is 43.1. The molecule has 0 saturated heterocycles. The second-order valence-corrected chi connectivity index (χ2v) is 14.4. The summed E-state index contributed by atoms with van der Waals surface area (Å²) < 4.78 is 82.3. The maximum atomic E-state index is 12.6. The van der Waals surface area contributed by atoms with Crippen LogP contribution in [0.1, 0.15) is 56.9 Å². The molecule has 12 nitrogen and oxygen atoms in total. The first-order chi connectivity index (χ1) is 27.7. The topological polar surface area (TPSA) is 155 Å². The summed E-state index contributed by atoms with van der Waals surface area (Å²) in [5.74, 6) is 0.295. The minimum absolute atomic E-state index is 0.147. The Balaban J connectivity index is 0.000000230. The third-order valence-electron chi connectivity index (χ3n) is 8.45. The SMILES string of the molecule is CC(=O)Nc1c[nH]c2ccc(CCNc3ccc(C(F)(F)F)cn3)cc12.CC(=O)Nc1cn(C(=O)OC(C)(C)C)c2ccc(CCNc3ccc(C(F)(F)F)cn3)cc12. The maximum absolute atomic E-state index is 12.6. The molecule has 0 aliphatic carbocycles. The number of aromatic nitrogens is 4. The lowest BCUT2D eigenvalue weighted by molar-refractivity contribution is -0.138. The molecule has 0 unspecified atom stereocenters. The van der Waals surface area contributed by atoms with Gasteiger partial charge in [0.1, 0.15) is 17.2 Å². The quantitative estimate of drug-likeness (QED) is 0.0856. The fraction of sp³-hybridized carbons (Fsp3) is 0.293. The Kier molecular flexibility index (Phi) is 13.2. The molecule has 6 aromatic rings. The molecular weight excluding hydrogens is 782 g/mol. The van der Waals surface area contributed by atoms with Gasteiger partial charge in [-0.15, -0.1) is 0 Å². The average Bonchev–Trinajstić information content (AvgIpc) is 3.70. The van der Waals surface area contributed by atoms with Crippen LogP contribution in [0.2, 0.25) is 0 Å². The fourth-order valence-electron chi connectivity index (χ4n) is 5.80. The van der Waals surface area contributed by atoms with Gasteiger partial charge in [0.2, 0.25) is 11.8 Å². The number of carbonyl (C=O) groups is 3. The van der Waals surface area contributed by atoms with E-state index in [1.807, 2.05) is 30.3 Å². The largest absolute Gasteiger partial charge is 0.443 e. The summed E-state index contributed by atoms with van der Waals surface area (Å²) in [5.41, 5.74) is 2.35. The van der Waals surface area contributed by atoms with Crippen LogP contribution in [0.15, 0.2) is 85.5 Å². The monoisotopic (exact) mass is 824 g/mol. The number of amides is 2. The molecule has 0 saturated carbocycles. The van der Waals surface area contributed by atoms with Crippen molar-refractivity contribution in [2.75, 3.05) is 34.4 Å². The zero-order valence-electron chi connectivity index (χ0n) is 32.7. The van der Waals surface area contributed by atoms with E-state index in [1.54, 1.807) is 33.0 Å². The zero-order valence-corrected chi connectivity index (χ0v) is 32.7. The van der Waals surface area contributed by atoms with Gasteiger partial charge >= 0.3 is 18.4 Å². The summed E-state index contributed by atoms with van der Waals surface area (Å²) in [6.45, 7) is 9.06. The second-order valence-electron chi connectivity index (χ2n) is 14.4. The van der Waals surface area contributed by atoms with Gasteiger partial charge in [0.25, 0.3) is 0 Å². The molecule has 0 fully saturated rings. The normalized spacial score (nSPS) is 11.8. The molecule has 4 heterocycles. The molecule has 6 rings (SSSR count). The van der Waals surface area contributed by atoms with Gasteiger partial charge in [-0.05, 0) is 93.3 Å². The fourth-order valence-corrected chi connectivity index (χ4v) is 5.80. The maximum Gasteiger partial charge on any atom is 0.419 e. The molecule has 4 aromatic heterocycles. The second kappa shape index (κ2) is 17.9. The van der Waals surface area contributed by atoms with Gasteiger partial charge in [-0.3, -0.25) is 14.2 Å². The standard InChI is InChI=1S/C23H25F3N4O3.C18H17F3N4O/c1-14(31)29-18-13-30(21(32)33-22(2,3)4)19-7-5-15(11-17(18)19)9-10-27-20-8-6-16(12-28-20)23(24,25)26;1-11(26)25-16-10-23-15-4-2-12(8-14(15)16)6-7-22-17-5-3-13(9-24-17)18(19,20)21/h5-8,11-13H,9-10H2,1-4H3,(H,27,28)(H,29,31);2-5,8-10,23H,6-7H2,1H3,(H,22,24)(H,25,26). The summed E-state index contributed by atoms with van der Waals surface area (Å²) in [5, 5.41) is 13.1. The summed E-state index contributed by atoms with van der Waals surface area (Å²) in [7, 11) is 0. The van der Waals surface area contributed by atoms with Gasteiger partial charge in [-0.1, -0.05) is 12.1 Å². The first-order valence-electron chi connectivity index (χ1n) is 18.2. The van der Waals surface area contributed by atoms with Crippen molar-refractivity contribution >= 4 is 62.7 Å². The van der Waals surface area contributed by atoms with E-state index in [1.165, 1.54) is 36.7 Å². The third kappa shape index (κ3) is 12.2. The summed E-state index contributed by atoms with van der Waals surface area (Å²) in [4.78, 5) is 46.2. The van der Waals surface area contributed by atoms with E-state index >= 15 is 0 Å². The molecule has 0 atom stereocenters. The molecule has 0 aliphatic rings. The number of carbonyl (C=O) groups excluding carboxylic acids is 3. The first-order valence-corrected chi connectivity index (χ1v) is 18.2. The Morgan fingerprint density at radius 1 is 0.695 bits per heavy atom. The van der Waals surface area contributed by atoms with Crippen LogP contribution in [0.3, 0.4) is 0 Å². The number of ether oxygens (including phenoxy) is 1. The van der Waals surface area contributed by atoms with Crippen LogP contribution in [0.5, 0.6) is 0 Å². The lowest BCUT2D eigenvalue weighted by Gasteiger charge is -2.19. The van der Waals surface area contributed by atoms with Gasteiger partial charge in [0.05, 0.1) is 28.0 Å². The molecule has 59 heavy (non-hydrogen) atoms. The lowest BCUT2D eigenvalue weighted by Crippen LogP contribution is -2.26. The highest BCUT2D eigenvalue weighted by atomic mass is 19.4. The number of anilines is 4. The molecule has 0 radical (unpaired) electrons. The highest BCUT2D eigenvalue weighted by Gasteiger charge is 2.31. The van der Waals surface area contributed by atoms with Crippen LogP contribution in [0, 0.1) is 0 Å². The number of nitrogens with zero attached hydrogens (tertiary/aromatic N) is 3. The van der Waals surface area contributed by atoms with Crippen molar-refractivity contribution in [3.05, 3.63) is 108 Å².